The lowest BCUT2D eigenvalue weighted by Crippen LogP contribution is -1.94. The number of benzene rings is 4. The van der Waals surface area contributed by atoms with Crippen molar-refractivity contribution in [2.24, 2.45) is 0 Å². The maximum absolute atomic E-state index is 3.58. The van der Waals surface area contributed by atoms with Gasteiger partial charge in [0.1, 0.15) is 0 Å². The molecule has 0 atom stereocenters. The third kappa shape index (κ3) is 3.99. The van der Waals surface area contributed by atoms with E-state index in [-0.39, 0.29) is 0 Å². The highest BCUT2D eigenvalue weighted by Gasteiger charge is 2.14. The summed E-state index contributed by atoms with van der Waals surface area (Å²) in [4.78, 5) is 0. The van der Waals surface area contributed by atoms with Crippen molar-refractivity contribution < 1.29 is 0 Å². The minimum Gasteiger partial charge on any atom is -0.341 e. The fourth-order valence-corrected chi connectivity index (χ4v) is 6.48. The Kier molecular flexibility index (Phi) is 6.78. The number of hydrogen-bond acceptors (Lipinski definition) is 0. The quantitative estimate of drug-likeness (QED) is 0.186. The molecule has 184 valence electrons. The van der Waals surface area contributed by atoms with Crippen molar-refractivity contribution in [3.05, 3.63) is 91.9 Å². The maximum Gasteiger partial charge on any atom is 0.0523 e. The van der Waals surface area contributed by atoms with Gasteiger partial charge in [0, 0.05) is 54.6 Å². The second-order valence-corrected chi connectivity index (χ2v) is 11.5. The highest BCUT2D eigenvalue weighted by molar-refractivity contribution is 9.10. The maximum atomic E-state index is 3.58. The summed E-state index contributed by atoms with van der Waals surface area (Å²) in [6.45, 7) is 15.2. The van der Waals surface area contributed by atoms with E-state index in [9.17, 15) is 0 Å². The van der Waals surface area contributed by atoms with E-state index in [0.29, 0.717) is 0 Å². The zero-order chi connectivity index (χ0) is 25.7. The molecule has 2 heterocycles. The second kappa shape index (κ2) is 9.72. The Morgan fingerprint density at radius 3 is 1.25 bits per heavy atom. The summed E-state index contributed by atoms with van der Waals surface area (Å²) in [6, 6.07) is 22.0. The minimum absolute atomic E-state index is 1.01. The van der Waals surface area contributed by atoms with Gasteiger partial charge >= 0.3 is 0 Å². The summed E-state index contributed by atoms with van der Waals surface area (Å²) in [5, 5.41) is 5.49. The van der Waals surface area contributed by atoms with E-state index in [1.807, 2.05) is 0 Å². The summed E-state index contributed by atoms with van der Waals surface area (Å²) < 4.78 is 7.12. The zero-order valence-corrected chi connectivity index (χ0v) is 25.0. The van der Waals surface area contributed by atoms with Crippen molar-refractivity contribution in [3.8, 4) is 0 Å². The van der Waals surface area contributed by atoms with E-state index in [4.69, 9.17) is 0 Å². The minimum atomic E-state index is 1.01. The molecule has 0 aliphatic rings. The first-order chi connectivity index (χ1) is 17.3. The Hall–Kier alpha value is -2.56. The molecule has 0 radical (unpaired) electrons. The third-order valence-electron chi connectivity index (χ3n) is 7.39. The van der Waals surface area contributed by atoms with Gasteiger partial charge in [0.2, 0.25) is 0 Å². The van der Waals surface area contributed by atoms with E-state index in [1.54, 1.807) is 0 Å². The molecule has 2 aromatic heterocycles. The van der Waals surface area contributed by atoms with E-state index in [1.165, 1.54) is 65.9 Å². The van der Waals surface area contributed by atoms with Crippen LogP contribution < -0.4 is 0 Å². The first-order valence-corrected chi connectivity index (χ1v) is 14.2. The predicted octanol–water partition coefficient (Wildman–Crippen LogP) is 10.4. The van der Waals surface area contributed by atoms with Gasteiger partial charge in [-0.15, -0.1) is 0 Å². The summed E-state index contributed by atoms with van der Waals surface area (Å²) in [5.74, 6) is 0. The lowest BCUT2D eigenvalue weighted by Gasteiger charge is -2.06. The van der Waals surface area contributed by atoms with Gasteiger partial charge in [0.25, 0.3) is 0 Å². The SMILES string of the molecule is CCn1c2ccc(Br)cc2c2c(C)ccc(C)c21.CCn1c2ccc(Br)cc2c2c(C)ccc(C)c21. The summed E-state index contributed by atoms with van der Waals surface area (Å²) in [6.07, 6.45) is 0. The lowest BCUT2D eigenvalue weighted by molar-refractivity contribution is 0.824. The van der Waals surface area contributed by atoms with Gasteiger partial charge in [0.05, 0.1) is 11.0 Å². The Morgan fingerprint density at radius 2 is 0.889 bits per heavy atom. The second-order valence-electron chi connectivity index (χ2n) is 9.66. The highest BCUT2D eigenvalue weighted by Crippen LogP contribution is 2.36. The number of fused-ring (bicyclic) bond motifs is 6. The molecule has 0 unspecified atom stereocenters. The number of hydrogen-bond donors (Lipinski definition) is 0. The van der Waals surface area contributed by atoms with Crippen molar-refractivity contribution >= 4 is 75.5 Å². The molecule has 0 aliphatic heterocycles. The van der Waals surface area contributed by atoms with Crippen LogP contribution in [0.5, 0.6) is 0 Å². The molecular formula is C32H32Br2N2. The van der Waals surface area contributed by atoms with Crippen molar-refractivity contribution in [1.29, 1.82) is 0 Å². The molecule has 0 aliphatic carbocycles. The Labute approximate surface area is 230 Å². The van der Waals surface area contributed by atoms with Crippen LogP contribution in [-0.2, 0) is 13.1 Å². The summed E-state index contributed by atoms with van der Waals surface area (Å²) in [7, 11) is 0. The average molecular weight is 604 g/mol. The predicted molar refractivity (Wildman–Crippen MR) is 165 cm³/mol. The fraction of sp³-hybridized carbons (Fsp3) is 0.250. The number of aryl methyl sites for hydroxylation is 6. The summed E-state index contributed by atoms with van der Waals surface area (Å²) >= 11 is 7.17. The average Bonchev–Trinajstić information content (AvgIpc) is 3.37. The molecular weight excluding hydrogens is 572 g/mol. The molecule has 0 fully saturated rings. The molecule has 0 spiro atoms. The van der Waals surface area contributed by atoms with E-state index >= 15 is 0 Å². The van der Waals surface area contributed by atoms with Crippen molar-refractivity contribution in [2.45, 2.75) is 54.6 Å². The first-order valence-electron chi connectivity index (χ1n) is 12.6. The monoisotopic (exact) mass is 602 g/mol. The Morgan fingerprint density at radius 1 is 0.528 bits per heavy atom. The summed E-state index contributed by atoms with van der Waals surface area (Å²) in [5.41, 5.74) is 10.8. The molecule has 4 heteroatoms. The van der Waals surface area contributed by atoms with Crippen molar-refractivity contribution in [2.75, 3.05) is 0 Å². The standard InChI is InChI=1S/2C16H16BrN/c2*1-4-18-14-8-7-12(17)9-13(14)15-10(2)5-6-11(3)16(15)18/h2*5-9H,4H2,1-3H3. The largest absolute Gasteiger partial charge is 0.341 e. The van der Waals surface area contributed by atoms with Crippen LogP contribution in [0.25, 0.3) is 43.6 Å². The topological polar surface area (TPSA) is 9.86 Å². The van der Waals surface area contributed by atoms with Crippen LogP contribution in [0.3, 0.4) is 0 Å². The molecule has 6 aromatic rings. The van der Waals surface area contributed by atoms with Crippen LogP contribution in [0.2, 0.25) is 0 Å². The van der Waals surface area contributed by atoms with Crippen LogP contribution in [0, 0.1) is 27.7 Å². The lowest BCUT2D eigenvalue weighted by atomic mass is 10.0. The zero-order valence-electron chi connectivity index (χ0n) is 21.8. The van der Waals surface area contributed by atoms with Crippen LogP contribution in [0.15, 0.2) is 69.6 Å². The fourth-order valence-electron chi connectivity index (χ4n) is 5.75. The number of rotatable bonds is 2. The van der Waals surface area contributed by atoms with E-state index in [0.717, 1.165) is 22.0 Å². The smallest absolute Gasteiger partial charge is 0.0523 e. The third-order valence-corrected chi connectivity index (χ3v) is 8.37. The van der Waals surface area contributed by atoms with Crippen LogP contribution in [0.4, 0.5) is 0 Å². The first kappa shape index (κ1) is 25.1. The van der Waals surface area contributed by atoms with Gasteiger partial charge in [-0.3, -0.25) is 0 Å². The molecule has 0 amide bonds. The van der Waals surface area contributed by atoms with Gasteiger partial charge in [-0.25, -0.2) is 0 Å². The Balaban J connectivity index is 0.000000148. The van der Waals surface area contributed by atoms with Gasteiger partial charge < -0.3 is 9.13 Å². The number of halogens is 2. The normalized spacial score (nSPS) is 11.6. The van der Waals surface area contributed by atoms with Crippen LogP contribution >= 0.6 is 31.9 Å². The molecule has 6 rings (SSSR count). The highest BCUT2D eigenvalue weighted by atomic mass is 79.9. The molecule has 4 aromatic carbocycles. The van der Waals surface area contributed by atoms with Crippen LogP contribution in [0.1, 0.15) is 36.1 Å². The van der Waals surface area contributed by atoms with Crippen molar-refractivity contribution in [1.82, 2.24) is 9.13 Å². The van der Waals surface area contributed by atoms with Gasteiger partial charge in [-0.2, -0.15) is 0 Å². The molecule has 36 heavy (non-hydrogen) atoms. The number of aromatic nitrogens is 2. The van der Waals surface area contributed by atoms with Crippen LogP contribution in [-0.4, -0.2) is 9.13 Å². The Bertz CT molecular complexity index is 1640. The van der Waals surface area contributed by atoms with Gasteiger partial charge in [-0.1, -0.05) is 56.1 Å². The molecule has 0 N–H and O–H groups in total. The molecule has 2 nitrogen and oxygen atoms in total. The molecule has 0 saturated carbocycles. The number of nitrogens with zero attached hydrogens (tertiary/aromatic N) is 2. The van der Waals surface area contributed by atoms with Gasteiger partial charge in [-0.05, 0) is 100 Å². The van der Waals surface area contributed by atoms with Gasteiger partial charge in [0.15, 0.2) is 0 Å². The molecule has 0 saturated heterocycles. The van der Waals surface area contributed by atoms with E-state index < -0.39 is 0 Å². The van der Waals surface area contributed by atoms with E-state index in [2.05, 4.69) is 143 Å². The van der Waals surface area contributed by atoms with Crippen molar-refractivity contribution in [3.63, 3.8) is 0 Å². The molecule has 0 bridgehead atoms.